The van der Waals surface area contributed by atoms with Gasteiger partial charge in [0, 0.05) is 51.1 Å². The van der Waals surface area contributed by atoms with Gasteiger partial charge in [-0.15, -0.1) is 0 Å². The van der Waals surface area contributed by atoms with Crippen molar-refractivity contribution in [3.05, 3.63) is 173 Å². The summed E-state index contributed by atoms with van der Waals surface area (Å²) in [4.78, 5) is 17.7. The Morgan fingerprint density at radius 1 is 0.609 bits per heavy atom. The smallest absolute Gasteiger partial charge is 0.224 e. The molecule has 1 atom stereocenters. The average Bonchev–Trinajstić information content (AvgIpc) is 3.35. The van der Waals surface area contributed by atoms with Crippen LogP contribution in [0.15, 0.2) is 140 Å². The Labute approximate surface area is 273 Å². The molecule has 1 aliphatic heterocycles. The maximum Gasteiger partial charge on any atom is 0.224 e. The average molecular weight is 610 g/mol. The fourth-order valence-electron chi connectivity index (χ4n) is 6.31. The lowest BCUT2D eigenvalue weighted by Gasteiger charge is -2.24. The SMILES string of the molecule is NC(CC(=O)N1CCCN(Cc2ccc(C(c3ccccc3)c3ccccc3)cc2)CC1)c1ccc(OCc2ccccc2)cc1. The van der Waals surface area contributed by atoms with E-state index in [9.17, 15) is 4.79 Å². The monoisotopic (exact) mass is 609 g/mol. The lowest BCUT2D eigenvalue weighted by molar-refractivity contribution is -0.131. The van der Waals surface area contributed by atoms with E-state index in [1.807, 2.05) is 59.5 Å². The fourth-order valence-corrected chi connectivity index (χ4v) is 6.31. The van der Waals surface area contributed by atoms with Crippen molar-refractivity contribution in [3.8, 4) is 5.75 Å². The topological polar surface area (TPSA) is 58.8 Å². The van der Waals surface area contributed by atoms with E-state index < -0.39 is 0 Å². The maximum absolute atomic E-state index is 13.3. The van der Waals surface area contributed by atoms with Crippen LogP contribution in [0.4, 0.5) is 0 Å². The first-order valence-corrected chi connectivity index (χ1v) is 16.3. The number of ether oxygens (including phenoxy) is 1. The van der Waals surface area contributed by atoms with E-state index in [4.69, 9.17) is 10.5 Å². The fraction of sp³-hybridized carbons (Fsp3) is 0.244. The van der Waals surface area contributed by atoms with Crippen LogP contribution in [0.2, 0.25) is 0 Å². The molecule has 0 spiro atoms. The van der Waals surface area contributed by atoms with Gasteiger partial charge in [0.1, 0.15) is 12.4 Å². The molecule has 46 heavy (non-hydrogen) atoms. The number of benzene rings is 5. The van der Waals surface area contributed by atoms with Crippen LogP contribution >= 0.6 is 0 Å². The molecule has 2 N–H and O–H groups in total. The van der Waals surface area contributed by atoms with Gasteiger partial charge < -0.3 is 15.4 Å². The number of rotatable bonds is 11. The molecule has 0 aliphatic carbocycles. The molecule has 0 saturated carbocycles. The second-order valence-corrected chi connectivity index (χ2v) is 12.2. The molecule has 5 aromatic rings. The van der Waals surface area contributed by atoms with Crippen molar-refractivity contribution in [1.82, 2.24) is 9.80 Å². The van der Waals surface area contributed by atoms with Gasteiger partial charge >= 0.3 is 0 Å². The second-order valence-electron chi connectivity index (χ2n) is 12.2. The number of hydrogen-bond acceptors (Lipinski definition) is 4. The molecule has 1 amide bonds. The van der Waals surface area contributed by atoms with Gasteiger partial charge in [-0.1, -0.05) is 127 Å². The molecule has 5 aromatic carbocycles. The highest BCUT2D eigenvalue weighted by molar-refractivity contribution is 5.77. The third-order valence-electron chi connectivity index (χ3n) is 8.88. The number of amides is 1. The molecule has 0 bridgehead atoms. The summed E-state index contributed by atoms with van der Waals surface area (Å²) in [7, 11) is 0. The molecule has 1 heterocycles. The van der Waals surface area contributed by atoms with E-state index in [0.717, 1.165) is 56.0 Å². The number of nitrogens with two attached hydrogens (primary N) is 1. The van der Waals surface area contributed by atoms with Crippen LogP contribution in [0.25, 0.3) is 0 Å². The predicted molar refractivity (Wildman–Crippen MR) is 186 cm³/mol. The van der Waals surface area contributed by atoms with E-state index in [0.29, 0.717) is 13.0 Å². The van der Waals surface area contributed by atoms with Crippen molar-refractivity contribution in [2.75, 3.05) is 26.2 Å². The first-order valence-electron chi connectivity index (χ1n) is 16.3. The van der Waals surface area contributed by atoms with E-state index in [1.165, 1.54) is 22.3 Å². The standard InChI is InChI=1S/C41H43N3O2/c42-39(34-21-23-38(24-22-34)46-31-33-11-4-1-5-12-33)29-40(45)44-26-10-25-43(27-28-44)30-32-17-19-37(20-18-32)41(35-13-6-2-7-14-35)36-15-8-3-9-16-36/h1-9,11-24,39,41H,10,25-31,42H2. The molecule has 1 fully saturated rings. The van der Waals surface area contributed by atoms with Crippen LogP contribution < -0.4 is 10.5 Å². The molecule has 6 rings (SSSR count). The van der Waals surface area contributed by atoms with Crippen LogP contribution in [-0.2, 0) is 17.9 Å². The van der Waals surface area contributed by atoms with Gasteiger partial charge in [0.05, 0.1) is 0 Å². The molecule has 5 heteroatoms. The molecular weight excluding hydrogens is 566 g/mol. The van der Waals surface area contributed by atoms with Gasteiger partial charge in [-0.05, 0) is 51.9 Å². The van der Waals surface area contributed by atoms with Gasteiger partial charge in [-0.3, -0.25) is 9.69 Å². The zero-order valence-corrected chi connectivity index (χ0v) is 26.4. The summed E-state index contributed by atoms with van der Waals surface area (Å²) in [6.07, 6.45) is 1.26. The second kappa shape index (κ2) is 15.5. The Morgan fingerprint density at radius 2 is 1.17 bits per heavy atom. The van der Waals surface area contributed by atoms with Crippen molar-refractivity contribution in [3.63, 3.8) is 0 Å². The molecule has 0 radical (unpaired) electrons. The van der Waals surface area contributed by atoms with Crippen molar-refractivity contribution >= 4 is 5.91 Å². The van der Waals surface area contributed by atoms with Crippen molar-refractivity contribution < 1.29 is 9.53 Å². The predicted octanol–water partition coefficient (Wildman–Crippen LogP) is 7.57. The molecule has 234 valence electrons. The van der Waals surface area contributed by atoms with Gasteiger partial charge in [0.25, 0.3) is 0 Å². The van der Waals surface area contributed by atoms with E-state index in [2.05, 4.69) is 89.8 Å². The summed E-state index contributed by atoms with van der Waals surface area (Å²) in [5.41, 5.74) is 13.7. The largest absolute Gasteiger partial charge is 0.489 e. The number of hydrogen-bond donors (Lipinski definition) is 1. The molecule has 0 aromatic heterocycles. The maximum atomic E-state index is 13.3. The highest BCUT2D eigenvalue weighted by Crippen LogP contribution is 2.32. The highest BCUT2D eigenvalue weighted by Gasteiger charge is 2.22. The molecule has 5 nitrogen and oxygen atoms in total. The van der Waals surface area contributed by atoms with Crippen LogP contribution in [0.3, 0.4) is 0 Å². The van der Waals surface area contributed by atoms with Crippen molar-refractivity contribution in [2.24, 2.45) is 5.73 Å². The lowest BCUT2D eigenvalue weighted by Crippen LogP contribution is -2.36. The zero-order chi connectivity index (χ0) is 31.6. The van der Waals surface area contributed by atoms with Gasteiger partial charge in [0.15, 0.2) is 0 Å². The number of carbonyl (C=O) groups is 1. The minimum absolute atomic E-state index is 0.121. The minimum Gasteiger partial charge on any atom is -0.489 e. The van der Waals surface area contributed by atoms with E-state index >= 15 is 0 Å². The Balaban J connectivity index is 1.00. The molecule has 1 saturated heterocycles. The molecular formula is C41H43N3O2. The van der Waals surface area contributed by atoms with E-state index in [1.54, 1.807) is 0 Å². The Bertz CT molecular complexity index is 1600. The van der Waals surface area contributed by atoms with Crippen LogP contribution in [0.1, 0.15) is 58.2 Å². The van der Waals surface area contributed by atoms with Gasteiger partial charge in [-0.2, -0.15) is 0 Å². The first kappa shape index (κ1) is 31.3. The Kier molecular flexibility index (Phi) is 10.6. The normalized spacial score (nSPS) is 14.5. The summed E-state index contributed by atoms with van der Waals surface area (Å²) < 4.78 is 5.90. The third kappa shape index (κ3) is 8.30. The van der Waals surface area contributed by atoms with Crippen LogP contribution in [0, 0.1) is 0 Å². The van der Waals surface area contributed by atoms with Crippen LogP contribution in [0.5, 0.6) is 5.75 Å². The first-order chi connectivity index (χ1) is 22.6. The van der Waals surface area contributed by atoms with E-state index in [-0.39, 0.29) is 17.9 Å². The summed E-state index contributed by atoms with van der Waals surface area (Å²) in [6.45, 7) is 4.71. The molecule has 1 aliphatic rings. The lowest BCUT2D eigenvalue weighted by atomic mass is 9.85. The highest BCUT2D eigenvalue weighted by atomic mass is 16.5. The summed E-state index contributed by atoms with van der Waals surface area (Å²) in [6, 6.07) is 48.1. The number of carbonyl (C=O) groups excluding carboxylic acids is 1. The van der Waals surface area contributed by atoms with Gasteiger partial charge in [0.2, 0.25) is 5.91 Å². The Morgan fingerprint density at radius 3 is 1.80 bits per heavy atom. The summed E-state index contributed by atoms with van der Waals surface area (Å²) in [5.74, 6) is 1.11. The minimum atomic E-state index is -0.343. The van der Waals surface area contributed by atoms with Crippen molar-refractivity contribution in [2.45, 2.75) is 38.0 Å². The zero-order valence-electron chi connectivity index (χ0n) is 26.4. The molecule has 1 unspecified atom stereocenters. The van der Waals surface area contributed by atoms with Crippen LogP contribution in [-0.4, -0.2) is 41.9 Å². The quantitative estimate of drug-likeness (QED) is 0.157. The third-order valence-corrected chi connectivity index (χ3v) is 8.88. The van der Waals surface area contributed by atoms with Crippen molar-refractivity contribution in [1.29, 1.82) is 0 Å². The summed E-state index contributed by atoms with van der Waals surface area (Å²) in [5, 5.41) is 0. The summed E-state index contributed by atoms with van der Waals surface area (Å²) >= 11 is 0. The Hall–Kier alpha value is -4.71. The van der Waals surface area contributed by atoms with Gasteiger partial charge in [-0.25, -0.2) is 0 Å². The number of nitrogens with zero attached hydrogens (tertiary/aromatic N) is 2.